The molecule has 0 radical (unpaired) electrons. The van der Waals surface area contributed by atoms with E-state index in [1.54, 1.807) is 7.11 Å². The average molecular weight is 379 g/mol. The van der Waals surface area contributed by atoms with Crippen LogP contribution < -0.4 is 10.1 Å². The minimum atomic E-state index is -0.0457. The summed E-state index contributed by atoms with van der Waals surface area (Å²) in [5.74, 6) is 2.98. The summed E-state index contributed by atoms with van der Waals surface area (Å²) < 4.78 is 10.7. The van der Waals surface area contributed by atoms with Crippen LogP contribution in [-0.4, -0.2) is 67.8 Å². The number of thioether (sulfide) groups is 1. The first-order valence-corrected chi connectivity index (χ1v) is 10.7. The minimum absolute atomic E-state index is 0.0457. The van der Waals surface area contributed by atoms with Crippen molar-refractivity contribution in [2.75, 3.05) is 51.5 Å². The standard InChI is InChI=1S/C20H30N2O3S/c1-24-12-13-25-18-7-3-2-6-17(18)19(23)21-16-20(8-4-5-9-20)22-10-14-26-15-11-22/h2-3,6-7H,4-5,8-16H2,1H3,(H,21,23). The monoisotopic (exact) mass is 378 g/mol. The Morgan fingerprint density at radius 1 is 1.19 bits per heavy atom. The molecule has 0 spiro atoms. The van der Waals surface area contributed by atoms with Crippen LogP contribution in [0, 0.1) is 0 Å². The van der Waals surface area contributed by atoms with E-state index in [2.05, 4.69) is 10.2 Å². The van der Waals surface area contributed by atoms with Crippen LogP contribution in [0.1, 0.15) is 36.0 Å². The van der Waals surface area contributed by atoms with Crippen molar-refractivity contribution < 1.29 is 14.3 Å². The van der Waals surface area contributed by atoms with Gasteiger partial charge in [-0.1, -0.05) is 25.0 Å². The molecule has 5 nitrogen and oxygen atoms in total. The van der Waals surface area contributed by atoms with Gasteiger partial charge in [-0.05, 0) is 25.0 Å². The zero-order chi connectivity index (χ0) is 18.2. The van der Waals surface area contributed by atoms with Gasteiger partial charge in [-0.15, -0.1) is 0 Å². The number of hydrogen-bond donors (Lipinski definition) is 1. The molecule has 1 heterocycles. The maximum absolute atomic E-state index is 12.8. The summed E-state index contributed by atoms with van der Waals surface area (Å²) in [6.07, 6.45) is 4.89. The van der Waals surface area contributed by atoms with Crippen LogP contribution in [0.3, 0.4) is 0 Å². The quantitative estimate of drug-likeness (QED) is 0.705. The van der Waals surface area contributed by atoms with Crippen LogP contribution in [0.15, 0.2) is 24.3 Å². The molecule has 0 aromatic heterocycles. The van der Waals surface area contributed by atoms with E-state index in [4.69, 9.17) is 9.47 Å². The molecule has 1 aliphatic heterocycles. The lowest BCUT2D eigenvalue weighted by Gasteiger charge is -2.43. The summed E-state index contributed by atoms with van der Waals surface area (Å²) in [6, 6.07) is 7.45. The van der Waals surface area contributed by atoms with E-state index < -0.39 is 0 Å². The van der Waals surface area contributed by atoms with Crippen molar-refractivity contribution in [3.63, 3.8) is 0 Å². The fourth-order valence-electron chi connectivity index (χ4n) is 4.03. The highest BCUT2D eigenvalue weighted by atomic mass is 32.2. The fourth-order valence-corrected chi connectivity index (χ4v) is 4.93. The third-order valence-electron chi connectivity index (χ3n) is 5.47. The second-order valence-corrected chi connectivity index (χ2v) is 8.28. The third kappa shape index (κ3) is 4.72. The predicted octanol–water partition coefficient (Wildman–Crippen LogP) is 2.80. The first kappa shape index (κ1) is 19.5. The van der Waals surface area contributed by atoms with Gasteiger partial charge in [0.15, 0.2) is 0 Å². The first-order chi connectivity index (χ1) is 12.7. The minimum Gasteiger partial charge on any atom is -0.490 e. The number of para-hydroxylation sites is 1. The van der Waals surface area contributed by atoms with Crippen molar-refractivity contribution >= 4 is 17.7 Å². The normalized spacial score (nSPS) is 20.0. The lowest BCUT2D eigenvalue weighted by atomic mass is 9.94. The Morgan fingerprint density at radius 2 is 1.92 bits per heavy atom. The van der Waals surface area contributed by atoms with Gasteiger partial charge in [0.1, 0.15) is 12.4 Å². The maximum Gasteiger partial charge on any atom is 0.255 e. The molecular formula is C20H30N2O3S. The van der Waals surface area contributed by atoms with Crippen molar-refractivity contribution in [2.24, 2.45) is 0 Å². The molecule has 6 heteroatoms. The lowest BCUT2D eigenvalue weighted by Crippen LogP contribution is -2.56. The Labute approximate surface area is 160 Å². The fraction of sp³-hybridized carbons (Fsp3) is 0.650. The van der Waals surface area contributed by atoms with Crippen molar-refractivity contribution in [1.82, 2.24) is 10.2 Å². The molecule has 0 unspecified atom stereocenters. The highest BCUT2D eigenvalue weighted by Crippen LogP contribution is 2.36. The second-order valence-electron chi connectivity index (χ2n) is 7.05. The Morgan fingerprint density at radius 3 is 2.65 bits per heavy atom. The van der Waals surface area contributed by atoms with Gasteiger partial charge in [-0.3, -0.25) is 9.69 Å². The summed E-state index contributed by atoms with van der Waals surface area (Å²) in [5.41, 5.74) is 0.744. The summed E-state index contributed by atoms with van der Waals surface area (Å²) in [5, 5.41) is 3.21. The number of methoxy groups -OCH3 is 1. The smallest absolute Gasteiger partial charge is 0.255 e. The molecule has 1 aliphatic carbocycles. The van der Waals surface area contributed by atoms with E-state index in [0.717, 1.165) is 19.6 Å². The highest BCUT2D eigenvalue weighted by molar-refractivity contribution is 7.99. The summed E-state index contributed by atoms with van der Waals surface area (Å²) >= 11 is 2.03. The molecule has 1 saturated heterocycles. The van der Waals surface area contributed by atoms with E-state index in [1.807, 2.05) is 36.0 Å². The Hall–Kier alpha value is -1.24. The van der Waals surface area contributed by atoms with Gasteiger partial charge in [-0.25, -0.2) is 0 Å². The van der Waals surface area contributed by atoms with Crippen molar-refractivity contribution in [1.29, 1.82) is 0 Å². The molecule has 1 N–H and O–H groups in total. The number of carbonyl (C=O) groups is 1. The summed E-state index contributed by atoms with van der Waals surface area (Å²) in [7, 11) is 1.64. The first-order valence-electron chi connectivity index (χ1n) is 9.57. The number of nitrogens with one attached hydrogen (secondary N) is 1. The van der Waals surface area contributed by atoms with Crippen LogP contribution in [-0.2, 0) is 4.74 Å². The number of ether oxygens (including phenoxy) is 2. The van der Waals surface area contributed by atoms with Gasteiger partial charge < -0.3 is 14.8 Å². The molecule has 1 aromatic carbocycles. The van der Waals surface area contributed by atoms with Gasteiger partial charge in [0, 0.05) is 43.8 Å². The zero-order valence-electron chi connectivity index (χ0n) is 15.7. The molecule has 0 bridgehead atoms. The van der Waals surface area contributed by atoms with Crippen LogP contribution >= 0.6 is 11.8 Å². The molecule has 26 heavy (non-hydrogen) atoms. The number of amides is 1. The van der Waals surface area contributed by atoms with Crippen LogP contribution in [0.5, 0.6) is 5.75 Å². The maximum atomic E-state index is 12.8. The number of nitrogens with zero attached hydrogens (tertiary/aromatic N) is 1. The number of benzene rings is 1. The average Bonchev–Trinajstić information content (AvgIpc) is 3.18. The van der Waals surface area contributed by atoms with Crippen LogP contribution in [0.2, 0.25) is 0 Å². The molecule has 1 saturated carbocycles. The lowest BCUT2D eigenvalue weighted by molar-refractivity contribution is 0.0812. The Bertz CT molecular complexity index is 584. The molecule has 2 aliphatic rings. The molecule has 144 valence electrons. The topological polar surface area (TPSA) is 50.8 Å². The molecule has 1 aromatic rings. The Balaban J connectivity index is 1.63. The SMILES string of the molecule is COCCOc1ccccc1C(=O)NCC1(N2CCSCC2)CCCC1. The number of rotatable bonds is 8. The largest absolute Gasteiger partial charge is 0.490 e. The molecule has 2 fully saturated rings. The molecular weight excluding hydrogens is 348 g/mol. The predicted molar refractivity (Wildman–Crippen MR) is 106 cm³/mol. The van der Waals surface area contributed by atoms with Gasteiger partial charge in [0.2, 0.25) is 0 Å². The zero-order valence-corrected chi connectivity index (χ0v) is 16.5. The van der Waals surface area contributed by atoms with E-state index in [9.17, 15) is 4.79 Å². The van der Waals surface area contributed by atoms with E-state index in [-0.39, 0.29) is 11.4 Å². The van der Waals surface area contributed by atoms with Crippen LogP contribution in [0.25, 0.3) is 0 Å². The van der Waals surface area contributed by atoms with E-state index in [1.165, 1.54) is 37.2 Å². The highest BCUT2D eigenvalue weighted by Gasteiger charge is 2.40. The third-order valence-corrected chi connectivity index (χ3v) is 6.41. The summed E-state index contributed by atoms with van der Waals surface area (Å²) in [6.45, 7) is 3.94. The van der Waals surface area contributed by atoms with Gasteiger partial charge >= 0.3 is 0 Å². The van der Waals surface area contributed by atoms with E-state index in [0.29, 0.717) is 24.5 Å². The van der Waals surface area contributed by atoms with Crippen molar-refractivity contribution in [3.05, 3.63) is 29.8 Å². The van der Waals surface area contributed by atoms with Gasteiger partial charge in [-0.2, -0.15) is 11.8 Å². The summed E-state index contributed by atoms with van der Waals surface area (Å²) in [4.78, 5) is 15.5. The number of carbonyl (C=O) groups excluding carboxylic acids is 1. The molecule has 0 atom stereocenters. The van der Waals surface area contributed by atoms with Crippen LogP contribution in [0.4, 0.5) is 0 Å². The molecule has 1 amide bonds. The second kappa shape index (κ2) is 9.62. The van der Waals surface area contributed by atoms with Gasteiger partial charge in [0.05, 0.1) is 12.2 Å². The number of hydrogen-bond acceptors (Lipinski definition) is 5. The van der Waals surface area contributed by atoms with Gasteiger partial charge in [0.25, 0.3) is 5.91 Å². The molecule has 3 rings (SSSR count). The Kier molecular flexibility index (Phi) is 7.23. The van der Waals surface area contributed by atoms with Crippen molar-refractivity contribution in [3.8, 4) is 5.75 Å². The van der Waals surface area contributed by atoms with E-state index >= 15 is 0 Å². The van der Waals surface area contributed by atoms with Crippen molar-refractivity contribution in [2.45, 2.75) is 31.2 Å².